The summed E-state index contributed by atoms with van der Waals surface area (Å²) in [6.07, 6.45) is 6.61. The van der Waals surface area contributed by atoms with Crippen molar-refractivity contribution >= 4 is 5.97 Å². The van der Waals surface area contributed by atoms with Crippen LogP contribution in [0.4, 0.5) is 0 Å². The highest BCUT2D eigenvalue weighted by atomic mass is 16.5. The summed E-state index contributed by atoms with van der Waals surface area (Å²) in [6, 6.07) is 10.2. The highest BCUT2D eigenvalue weighted by Gasteiger charge is 2.39. The van der Waals surface area contributed by atoms with Crippen LogP contribution >= 0.6 is 0 Å². The van der Waals surface area contributed by atoms with Gasteiger partial charge in [-0.25, -0.2) is 0 Å². The van der Waals surface area contributed by atoms with Gasteiger partial charge in [0, 0.05) is 6.04 Å². The third-order valence-corrected chi connectivity index (χ3v) is 4.76. The highest BCUT2D eigenvalue weighted by Crippen LogP contribution is 2.36. The van der Waals surface area contributed by atoms with E-state index in [1.807, 2.05) is 30.3 Å². The SMILES string of the molecule is CC=C1CC[C@@H]2C[C@@H](C(=O)OCc3ccccc3)N[C@@H]2C1. The molecule has 0 bridgehead atoms. The number of ether oxygens (including phenoxy) is 1. The highest BCUT2D eigenvalue weighted by molar-refractivity contribution is 5.76. The standard InChI is InChI=1S/C18H23NO2/c1-2-13-8-9-15-11-17(19-16(15)10-13)18(20)21-12-14-6-4-3-5-7-14/h2-7,15-17,19H,8-12H2,1H3/t15-,16-,17+/m1/s1. The molecule has 0 radical (unpaired) electrons. The van der Waals surface area contributed by atoms with Crippen molar-refractivity contribution in [3.05, 3.63) is 47.5 Å². The molecular formula is C18H23NO2. The Morgan fingerprint density at radius 3 is 2.95 bits per heavy atom. The number of esters is 1. The largest absolute Gasteiger partial charge is 0.460 e. The monoisotopic (exact) mass is 285 g/mol. The summed E-state index contributed by atoms with van der Waals surface area (Å²) in [5.74, 6) is 0.526. The van der Waals surface area contributed by atoms with Gasteiger partial charge in [-0.2, -0.15) is 0 Å². The Bertz CT molecular complexity index is 523. The van der Waals surface area contributed by atoms with Crippen LogP contribution in [0.2, 0.25) is 0 Å². The molecule has 1 saturated carbocycles. The Labute approximate surface area is 126 Å². The van der Waals surface area contributed by atoms with Gasteiger partial charge in [0.2, 0.25) is 0 Å². The molecular weight excluding hydrogens is 262 g/mol. The number of benzene rings is 1. The Balaban J connectivity index is 1.53. The van der Waals surface area contributed by atoms with Gasteiger partial charge in [-0.3, -0.25) is 4.79 Å². The molecule has 112 valence electrons. The van der Waals surface area contributed by atoms with E-state index >= 15 is 0 Å². The summed E-state index contributed by atoms with van der Waals surface area (Å²) < 4.78 is 5.46. The first kappa shape index (κ1) is 14.3. The zero-order valence-corrected chi connectivity index (χ0v) is 12.5. The van der Waals surface area contributed by atoms with Gasteiger partial charge < -0.3 is 10.1 Å². The van der Waals surface area contributed by atoms with Crippen LogP contribution in [-0.4, -0.2) is 18.1 Å². The van der Waals surface area contributed by atoms with Crippen LogP contribution in [-0.2, 0) is 16.1 Å². The normalized spacial score (nSPS) is 30.1. The van der Waals surface area contributed by atoms with E-state index in [1.165, 1.54) is 18.4 Å². The maximum atomic E-state index is 12.2. The van der Waals surface area contributed by atoms with Crippen molar-refractivity contribution in [2.45, 2.75) is 51.3 Å². The van der Waals surface area contributed by atoms with E-state index in [1.54, 1.807) is 0 Å². The van der Waals surface area contributed by atoms with Gasteiger partial charge in [0.25, 0.3) is 0 Å². The second-order valence-corrected chi connectivity index (χ2v) is 6.10. The molecule has 0 unspecified atom stereocenters. The van der Waals surface area contributed by atoms with Gasteiger partial charge in [-0.15, -0.1) is 0 Å². The molecule has 2 aliphatic rings. The summed E-state index contributed by atoms with van der Waals surface area (Å²) in [5, 5.41) is 3.48. The van der Waals surface area contributed by atoms with Crippen LogP contribution in [0.15, 0.2) is 42.0 Å². The quantitative estimate of drug-likeness (QED) is 0.684. The third-order valence-electron chi connectivity index (χ3n) is 4.76. The molecule has 1 N–H and O–H groups in total. The molecule has 1 aliphatic carbocycles. The molecule has 0 aromatic heterocycles. The van der Waals surface area contributed by atoms with E-state index < -0.39 is 0 Å². The van der Waals surface area contributed by atoms with Crippen molar-refractivity contribution in [3.8, 4) is 0 Å². The van der Waals surface area contributed by atoms with Gasteiger partial charge >= 0.3 is 5.97 Å². The summed E-state index contributed by atoms with van der Waals surface area (Å²) in [5.41, 5.74) is 2.56. The number of rotatable bonds is 3. The van der Waals surface area contributed by atoms with E-state index in [0.717, 1.165) is 18.4 Å². The number of carbonyl (C=O) groups is 1. The Morgan fingerprint density at radius 1 is 1.38 bits per heavy atom. The topological polar surface area (TPSA) is 38.3 Å². The molecule has 1 aromatic rings. The fraction of sp³-hybridized carbons (Fsp3) is 0.500. The van der Waals surface area contributed by atoms with Crippen molar-refractivity contribution in [1.29, 1.82) is 0 Å². The summed E-state index contributed by atoms with van der Waals surface area (Å²) >= 11 is 0. The first-order valence-electron chi connectivity index (χ1n) is 7.87. The summed E-state index contributed by atoms with van der Waals surface area (Å²) in [7, 11) is 0. The van der Waals surface area contributed by atoms with Crippen molar-refractivity contribution in [2.75, 3.05) is 0 Å². The van der Waals surface area contributed by atoms with Crippen molar-refractivity contribution in [1.82, 2.24) is 5.32 Å². The van der Waals surface area contributed by atoms with Gasteiger partial charge in [-0.1, -0.05) is 42.0 Å². The molecule has 0 spiro atoms. The third kappa shape index (κ3) is 3.35. The number of nitrogens with one attached hydrogen (secondary N) is 1. The number of hydrogen-bond donors (Lipinski definition) is 1. The van der Waals surface area contributed by atoms with Gasteiger partial charge in [0.15, 0.2) is 0 Å². The van der Waals surface area contributed by atoms with Crippen LogP contribution in [0.25, 0.3) is 0 Å². The smallest absolute Gasteiger partial charge is 0.323 e. The maximum absolute atomic E-state index is 12.2. The lowest BCUT2D eigenvalue weighted by Gasteiger charge is -2.26. The zero-order valence-electron chi connectivity index (χ0n) is 12.5. The molecule has 2 fully saturated rings. The molecule has 3 atom stereocenters. The first-order valence-corrected chi connectivity index (χ1v) is 7.87. The lowest BCUT2D eigenvalue weighted by Crippen LogP contribution is -2.38. The molecule has 1 heterocycles. The van der Waals surface area contributed by atoms with Crippen LogP contribution in [0.5, 0.6) is 0 Å². The van der Waals surface area contributed by atoms with Gasteiger partial charge in [0.05, 0.1) is 0 Å². The van der Waals surface area contributed by atoms with Gasteiger partial charge in [0.1, 0.15) is 12.6 Å². The Morgan fingerprint density at radius 2 is 2.19 bits per heavy atom. The molecule has 0 amide bonds. The van der Waals surface area contributed by atoms with Crippen LogP contribution < -0.4 is 5.32 Å². The molecule has 3 nitrogen and oxygen atoms in total. The molecule has 1 aromatic carbocycles. The summed E-state index contributed by atoms with van der Waals surface area (Å²) in [4.78, 5) is 12.2. The van der Waals surface area contributed by atoms with Crippen LogP contribution in [0.3, 0.4) is 0 Å². The van der Waals surface area contributed by atoms with E-state index in [9.17, 15) is 4.79 Å². The average Bonchev–Trinajstić information content (AvgIpc) is 2.96. The van der Waals surface area contributed by atoms with Crippen molar-refractivity contribution in [2.24, 2.45) is 5.92 Å². The van der Waals surface area contributed by atoms with Crippen molar-refractivity contribution < 1.29 is 9.53 Å². The van der Waals surface area contributed by atoms with Crippen molar-refractivity contribution in [3.63, 3.8) is 0 Å². The number of allylic oxidation sites excluding steroid dienone is 1. The molecule has 1 saturated heterocycles. The minimum atomic E-state index is -0.125. The van der Waals surface area contributed by atoms with Crippen LogP contribution in [0.1, 0.15) is 38.2 Å². The van der Waals surface area contributed by atoms with E-state index in [2.05, 4.69) is 18.3 Å². The number of fused-ring (bicyclic) bond motifs is 1. The Kier molecular flexibility index (Phi) is 4.39. The fourth-order valence-corrected chi connectivity index (χ4v) is 3.49. The van der Waals surface area contributed by atoms with E-state index in [-0.39, 0.29) is 12.0 Å². The fourth-order valence-electron chi connectivity index (χ4n) is 3.49. The molecule has 3 rings (SSSR count). The minimum Gasteiger partial charge on any atom is -0.460 e. The summed E-state index contributed by atoms with van der Waals surface area (Å²) in [6.45, 7) is 2.48. The number of hydrogen-bond acceptors (Lipinski definition) is 3. The van der Waals surface area contributed by atoms with E-state index in [0.29, 0.717) is 18.6 Å². The predicted molar refractivity (Wildman–Crippen MR) is 82.7 cm³/mol. The lowest BCUT2D eigenvalue weighted by molar-refractivity contribution is -0.147. The molecule has 21 heavy (non-hydrogen) atoms. The lowest BCUT2D eigenvalue weighted by atomic mass is 9.82. The average molecular weight is 285 g/mol. The maximum Gasteiger partial charge on any atom is 0.323 e. The predicted octanol–water partition coefficient (Wildman–Crippen LogP) is 3.21. The van der Waals surface area contributed by atoms with E-state index in [4.69, 9.17) is 4.74 Å². The van der Waals surface area contributed by atoms with Gasteiger partial charge in [-0.05, 0) is 44.1 Å². The Hall–Kier alpha value is -1.61. The second-order valence-electron chi connectivity index (χ2n) is 6.10. The number of carbonyl (C=O) groups excluding carboxylic acids is 1. The molecule has 1 aliphatic heterocycles. The minimum absolute atomic E-state index is 0.102. The molecule has 3 heteroatoms. The first-order chi connectivity index (χ1) is 10.3. The second kappa shape index (κ2) is 6.44. The zero-order chi connectivity index (χ0) is 14.7. The van der Waals surface area contributed by atoms with Crippen LogP contribution in [0, 0.1) is 5.92 Å².